The van der Waals surface area contributed by atoms with Gasteiger partial charge in [-0.25, -0.2) is 0 Å². The molecule has 0 rings (SSSR count). The summed E-state index contributed by atoms with van der Waals surface area (Å²) < 4.78 is 0. The molecule has 30 heavy (non-hydrogen) atoms. The minimum absolute atomic E-state index is 0.0965. The molecule has 0 saturated heterocycles. The Morgan fingerprint density at radius 3 is 1.30 bits per heavy atom. The van der Waals surface area contributed by atoms with Crippen molar-refractivity contribution in [2.24, 2.45) is 0 Å². The fraction of sp³-hybridized carbons (Fsp3) is 0.929. The lowest BCUT2D eigenvalue weighted by Gasteiger charge is -2.13. The van der Waals surface area contributed by atoms with Crippen LogP contribution in [0.4, 0.5) is 0 Å². The number of amides is 1. The van der Waals surface area contributed by atoms with Crippen molar-refractivity contribution in [1.82, 2.24) is 5.32 Å². The molecule has 0 aromatic heterocycles. The Labute approximate surface area is 190 Å². The maximum absolute atomic E-state index is 12.0. The zero-order chi connectivity index (χ0) is 22.1. The van der Waals surface area contributed by atoms with Crippen LogP contribution < -0.4 is 5.32 Å². The van der Waals surface area contributed by atoms with Gasteiger partial charge in [-0.3, -0.25) is 4.79 Å². The summed E-state index contributed by atoms with van der Waals surface area (Å²) in [5.74, 6) is 0.206. The van der Waals surface area contributed by atoms with E-state index in [1.165, 1.54) is 128 Å². The fourth-order valence-corrected chi connectivity index (χ4v) is 4.20. The third kappa shape index (κ3) is 23.7. The second kappa shape index (κ2) is 24.7. The number of rotatable bonds is 24. The summed E-state index contributed by atoms with van der Waals surface area (Å²) in [6, 6.07) is 0.0965. The van der Waals surface area contributed by atoms with E-state index in [9.17, 15) is 4.79 Å². The highest BCUT2D eigenvalue weighted by Crippen LogP contribution is 2.13. The van der Waals surface area contributed by atoms with Crippen molar-refractivity contribution < 1.29 is 4.79 Å². The molecule has 2 nitrogen and oxygen atoms in total. The molecule has 0 heterocycles. The number of carbonyl (C=O) groups excluding carboxylic acids is 1. The average Bonchev–Trinajstić information content (AvgIpc) is 2.73. The molecule has 0 aromatic rings. The van der Waals surface area contributed by atoms with Crippen LogP contribution in [0.3, 0.4) is 0 Å². The number of hydrogen-bond acceptors (Lipinski definition) is 1. The molecule has 1 radical (unpaired) electrons. The molecule has 0 spiro atoms. The van der Waals surface area contributed by atoms with Gasteiger partial charge in [-0.15, -0.1) is 0 Å². The van der Waals surface area contributed by atoms with E-state index in [0.717, 1.165) is 12.8 Å². The van der Waals surface area contributed by atoms with Crippen molar-refractivity contribution in [3.05, 3.63) is 6.92 Å². The van der Waals surface area contributed by atoms with Crippen molar-refractivity contribution in [3.63, 3.8) is 0 Å². The Kier molecular flexibility index (Phi) is 24.3. The second-order valence-electron chi connectivity index (χ2n) is 9.52. The first-order chi connectivity index (χ1) is 14.7. The number of carbonyl (C=O) groups is 1. The van der Waals surface area contributed by atoms with Gasteiger partial charge in [0.25, 0.3) is 0 Å². The van der Waals surface area contributed by atoms with Gasteiger partial charge in [-0.05, 0) is 19.8 Å². The van der Waals surface area contributed by atoms with Crippen molar-refractivity contribution in [2.45, 2.75) is 168 Å². The van der Waals surface area contributed by atoms with Crippen LogP contribution in [0, 0.1) is 6.92 Å². The van der Waals surface area contributed by atoms with Crippen LogP contribution in [0.1, 0.15) is 162 Å². The van der Waals surface area contributed by atoms with E-state index in [4.69, 9.17) is 0 Å². The molecule has 0 aliphatic carbocycles. The van der Waals surface area contributed by atoms with Gasteiger partial charge in [0.05, 0.1) is 0 Å². The normalized spacial score (nSPS) is 12.2. The summed E-state index contributed by atoms with van der Waals surface area (Å²) in [7, 11) is 0. The minimum Gasteiger partial charge on any atom is -0.353 e. The standard InChI is InChI=1S/C28H56NO/c1-4-6-8-10-12-14-16-18-20-22-24-26-28(30)29-27(3)25-23-21-19-17-15-13-11-9-7-5-2/h27H,3-26H2,1-2H3,(H,29,30). The molecule has 1 amide bonds. The lowest BCUT2D eigenvalue weighted by atomic mass is 10.0. The Bertz CT molecular complexity index is 342. The van der Waals surface area contributed by atoms with E-state index in [1.54, 1.807) is 0 Å². The fourth-order valence-electron chi connectivity index (χ4n) is 4.20. The lowest BCUT2D eigenvalue weighted by molar-refractivity contribution is -0.121. The maximum Gasteiger partial charge on any atom is 0.220 e. The highest BCUT2D eigenvalue weighted by atomic mass is 16.1. The molecule has 1 N–H and O–H groups in total. The molecule has 1 unspecified atom stereocenters. The van der Waals surface area contributed by atoms with Gasteiger partial charge in [0.1, 0.15) is 0 Å². The smallest absolute Gasteiger partial charge is 0.220 e. The van der Waals surface area contributed by atoms with E-state index in [0.29, 0.717) is 6.42 Å². The molecular weight excluding hydrogens is 366 g/mol. The molecule has 1 atom stereocenters. The zero-order valence-electron chi connectivity index (χ0n) is 21.0. The van der Waals surface area contributed by atoms with Gasteiger partial charge >= 0.3 is 0 Å². The second-order valence-corrected chi connectivity index (χ2v) is 9.52. The molecule has 0 aliphatic heterocycles. The van der Waals surface area contributed by atoms with E-state index in [-0.39, 0.29) is 11.9 Å². The Morgan fingerprint density at radius 2 is 0.900 bits per heavy atom. The first-order valence-electron chi connectivity index (χ1n) is 13.8. The predicted molar refractivity (Wildman–Crippen MR) is 135 cm³/mol. The van der Waals surface area contributed by atoms with Crippen LogP contribution in [0.25, 0.3) is 0 Å². The molecule has 0 fully saturated rings. The third-order valence-electron chi connectivity index (χ3n) is 6.28. The monoisotopic (exact) mass is 422 g/mol. The first-order valence-corrected chi connectivity index (χ1v) is 13.8. The van der Waals surface area contributed by atoms with Crippen LogP contribution in [0.5, 0.6) is 0 Å². The van der Waals surface area contributed by atoms with E-state index >= 15 is 0 Å². The SMILES string of the molecule is [CH2]C(CCCCCCCCCCCC)NC(=O)CCCCCCCCCCCCC. The van der Waals surface area contributed by atoms with Crippen molar-refractivity contribution in [3.8, 4) is 0 Å². The summed E-state index contributed by atoms with van der Waals surface area (Å²) in [6.07, 6.45) is 29.9. The molecule has 0 saturated carbocycles. The molecule has 0 aliphatic rings. The number of hydrogen-bond donors (Lipinski definition) is 1. The van der Waals surface area contributed by atoms with Crippen LogP contribution in [0.15, 0.2) is 0 Å². The predicted octanol–water partition coefficient (Wildman–Crippen LogP) is 9.32. The van der Waals surface area contributed by atoms with Gasteiger partial charge in [0.2, 0.25) is 5.91 Å². The molecule has 0 bridgehead atoms. The molecule has 2 heteroatoms. The summed E-state index contributed by atoms with van der Waals surface area (Å²) in [4.78, 5) is 12.0. The zero-order valence-corrected chi connectivity index (χ0v) is 21.0. The van der Waals surface area contributed by atoms with Crippen LogP contribution in [-0.2, 0) is 4.79 Å². The van der Waals surface area contributed by atoms with Gasteiger partial charge < -0.3 is 5.32 Å². The topological polar surface area (TPSA) is 29.1 Å². The summed E-state index contributed by atoms with van der Waals surface area (Å²) in [5.41, 5.74) is 0. The van der Waals surface area contributed by atoms with E-state index in [2.05, 4.69) is 26.1 Å². The average molecular weight is 423 g/mol. The van der Waals surface area contributed by atoms with E-state index in [1.807, 2.05) is 0 Å². The summed E-state index contributed by atoms with van der Waals surface area (Å²) in [6.45, 7) is 8.68. The molecular formula is C28H56NO. The Hall–Kier alpha value is -0.530. The van der Waals surface area contributed by atoms with Crippen molar-refractivity contribution in [1.29, 1.82) is 0 Å². The third-order valence-corrected chi connectivity index (χ3v) is 6.28. The van der Waals surface area contributed by atoms with Crippen molar-refractivity contribution in [2.75, 3.05) is 0 Å². The molecule has 179 valence electrons. The van der Waals surface area contributed by atoms with Crippen LogP contribution in [0.2, 0.25) is 0 Å². The maximum atomic E-state index is 12.0. The molecule has 0 aromatic carbocycles. The Morgan fingerprint density at radius 1 is 0.567 bits per heavy atom. The largest absolute Gasteiger partial charge is 0.353 e. The Balaban J connectivity index is 3.30. The van der Waals surface area contributed by atoms with E-state index < -0.39 is 0 Å². The van der Waals surface area contributed by atoms with Gasteiger partial charge in [0, 0.05) is 12.5 Å². The highest BCUT2D eigenvalue weighted by molar-refractivity contribution is 5.76. The number of nitrogens with one attached hydrogen (secondary N) is 1. The van der Waals surface area contributed by atoms with Gasteiger partial charge in [-0.1, -0.05) is 142 Å². The number of unbranched alkanes of at least 4 members (excludes halogenated alkanes) is 19. The van der Waals surface area contributed by atoms with Crippen LogP contribution in [-0.4, -0.2) is 11.9 Å². The summed E-state index contributed by atoms with van der Waals surface area (Å²) >= 11 is 0. The summed E-state index contributed by atoms with van der Waals surface area (Å²) in [5, 5.41) is 3.10. The van der Waals surface area contributed by atoms with Gasteiger partial charge in [-0.2, -0.15) is 0 Å². The van der Waals surface area contributed by atoms with Crippen LogP contribution >= 0.6 is 0 Å². The van der Waals surface area contributed by atoms with Gasteiger partial charge in [0.15, 0.2) is 0 Å². The quantitative estimate of drug-likeness (QED) is 0.154. The van der Waals surface area contributed by atoms with Crippen molar-refractivity contribution >= 4 is 5.91 Å². The first kappa shape index (κ1) is 29.5. The minimum atomic E-state index is 0.0965. The lowest BCUT2D eigenvalue weighted by Crippen LogP contribution is -2.32. The highest BCUT2D eigenvalue weighted by Gasteiger charge is 2.07.